The maximum absolute atomic E-state index is 5.12. The molecule has 0 radical (unpaired) electrons. The minimum atomic E-state index is 0.946. The van der Waals surface area contributed by atoms with Crippen LogP contribution in [0.4, 0.5) is 0 Å². The lowest BCUT2D eigenvalue weighted by Crippen LogP contribution is -2.19. The van der Waals surface area contributed by atoms with Gasteiger partial charge in [-0.25, -0.2) is 0 Å². The number of unbranched alkanes of at least 4 members (excludes halogenated alkanes) is 1. The third-order valence-electron chi connectivity index (χ3n) is 2.50. The van der Waals surface area contributed by atoms with E-state index < -0.39 is 0 Å². The van der Waals surface area contributed by atoms with Gasteiger partial charge in [0.15, 0.2) is 0 Å². The Morgan fingerprint density at radius 2 is 2.07 bits per heavy atom. The molecule has 0 fully saturated rings. The molecule has 0 amide bonds. The number of aryl methyl sites for hydroxylation is 2. The van der Waals surface area contributed by atoms with Crippen molar-refractivity contribution in [1.29, 1.82) is 0 Å². The van der Waals surface area contributed by atoms with Gasteiger partial charge in [0.2, 0.25) is 0 Å². The number of aromatic nitrogens is 1. The highest BCUT2D eigenvalue weighted by Crippen LogP contribution is 2.14. The van der Waals surface area contributed by atoms with Crippen molar-refractivity contribution in [3.05, 3.63) is 17.0 Å². The van der Waals surface area contributed by atoms with E-state index in [0.29, 0.717) is 0 Å². The van der Waals surface area contributed by atoms with Gasteiger partial charge in [0.25, 0.3) is 0 Å². The normalized spacial score (nSPS) is 11.2. The summed E-state index contributed by atoms with van der Waals surface area (Å²) in [6, 6.07) is 0. The average Bonchev–Trinajstić information content (AvgIpc) is 2.46. The van der Waals surface area contributed by atoms with Crippen molar-refractivity contribution in [2.45, 2.75) is 40.2 Å². The summed E-state index contributed by atoms with van der Waals surface area (Å²) < 4.78 is 5.12. The van der Waals surface area contributed by atoms with Gasteiger partial charge in [0, 0.05) is 12.1 Å². The Balaban J connectivity index is 2.51. The molecule has 0 aromatic carbocycles. The first-order chi connectivity index (χ1) is 6.65. The van der Waals surface area contributed by atoms with Crippen molar-refractivity contribution >= 4 is 0 Å². The van der Waals surface area contributed by atoms with Crippen LogP contribution >= 0.6 is 0 Å². The summed E-state index contributed by atoms with van der Waals surface area (Å²) in [4.78, 5) is 2.32. The fraction of sp³-hybridized carbons (Fsp3) is 0.727. The van der Waals surface area contributed by atoms with E-state index in [4.69, 9.17) is 4.52 Å². The minimum absolute atomic E-state index is 0.946. The van der Waals surface area contributed by atoms with Gasteiger partial charge in [-0.2, -0.15) is 0 Å². The second-order valence-electron chi connectivity index (χ2n) is 3.89. The lowest BCUT2D eigenvalue weighted by atomic mass is 10.2. The van der Waals surface area contributed by atoms with E-state index in [1.165, 1.54) is 18.4 Å². The summed E-state index contributed by atoms with van der Waals surface area (Å²) in [5, 5.41) is 3.95. The van der Waals surface area contributed by atoms with E-state index in [1.807, 2.05) is 13.8 Å². The first kappa shape index (κ1) is 11.2. The zero-order valence-corrected chi connectivity index (χ0v) is 9.63. The lowest BCUT2D eigenvalue weighted by Gasteiger charge is -2.15. The van der Waals surface area contributed by atoms with Crippen LogP contribution in [0.5, 0.6) is 0 Å². The van der Waals surface area contributed by atoms with Crippen LogP contribution in [0.3, 0.4) is 0 Å². The molecule has 0 aliphatic rings. The predicted octanol–water partition coefficient (Wildman–Crippen LogP) is 2.52. The molecule has 0 N–H and O–H groups in total. The summed E-state index contributed by atoms with van der Waals surface area (Å²) in [6.45, 7) is 8.27. The Hall–Kier alpha value is -0.830. The molecule has 1 aromatic heterocycles. The molecule has 1 rings (SSSR count). The molecule has 3 nitrogen and oxygen atoms in total. The molecule has 80 valence electrons. The number of hydrogen-bond donors (Lipinski definition) is 0. The van der Waals surface area contributed by atoms with Gasteiger partial charge in [-0.1, -0.05) is 18.5 Å². The fourth-order valence-corrected chi connectivity index (χ4v) is 1.50. The van der Waals surface area contributed by atoms with Gasteiger partial charge in [-0.3, -0.25) is 0 Å². The van der Waals surface area contributed by atoms with Crippen molar-refractivity contribution < 1.29 is 4.52 Å². The van der Waals surface area contributed by atoms with Crippen LogP contribution in [0.15, 0.2) is 4.52 Å². The molecule has 1 aromatic rings. The lowest BCUT2D eigenvalue weighted by molar-refractivity contribution is 0.317. The van der Waals surface area contributed by atoms with Crippen molar-refractivity contribution in [2.24, 2.45) is 0 Å². The molecule has 14 heavy (non-hydrogen) atoms. The standard InChI is InChI=1S/C11H20N2O/c1-5-6-7-13(4)8-11-9(2)12-14-10(11)3/h5-8H2,1-4H3. The number of nitrogens with zero attached hydrogens (tertiary/aromatic N) is 2. The first-order valence-electron chi connectivity index (χ1n) is 5.25. The van der Waals surface area contributed by atoms with E-state index in [1.54, 1.807) is 0 Å². The molecule has 0 aliphatic heterocycles. The van der Waals surface area contributed by atoms with E-state index in [9.17, 15) is 0 Å². The smallest absolute Gasteiger partial charge is 0.138 e. The molecule has 3 heteroatoms. The van der Waals surface area contributed by atoms with Gasteiger partial charge in [-0.15, -0.1) is 0 Å². The Morgan fingerprint density at radius 3 is 2.57 bits per heavy atom. The van der Waals surface area contributed by atoms with Crippen LogP contribution in [0.1, 0.15) is 36.8 Å². The Kier molecular flexibility index (Phi) is 4.14. The second kappa shape index (κ2) is 5.15. The van der Waals surface area contributed by atoms with Crippen LogP contribution < -0.4 is 0 Å². The second-order valence-corrected chi connectivity index (χ2v) is 3.89. The molecular weight excluding hydrogens is 176 g/mol. The Morgan fingerprint density at radius 1 is 1.36 bits per heavy atom. The van der Waals surface area contributed by atoms with Crippen molar-refractivity contribution in [3.63, 3.8) is 0 Å². The summed E-state index contributed by atoms with van der Waals surface area (Å²) in [5.74, 6) is 0.950. The fourth-order valence-electron chi connectivity index (χ4n) is 1.50. The van der Waals surface area contributed by atoms with Crippen LogP contribution in [0.2, 0.25) is 0 Å². The summed E-state index contributed by atoms with van der Waals surface area (Å²) in [5.41, 5.74) is 2.26. The quantitative estimate of drug-likeness (QED) is 0.724. The van der Waals surface area contributed by atoms with Crippen LogP contribution in [0, 0.1) is 13.8 Å². The third-order valence-corrected chi connectivity index (χ3v) is 2.50. The van der Waals surface area contributed by atoms with Crippen molar-refractivity contribution in [3.8, 4) is 0 Å². The van der Waals surface area contributed by atoms with Crippen LogP contribution in [-0.2, 0) is 6.54 Å². The minimum Gasteiger partial charge on any atom is -0.361 e. The summed E-state index contributed by atoms with van der Waals surface area (Å²) >= 11 is 0. The van der Waals surface area contributed by atoms with E-state index in [-0.39, 0.29) is 0 Å². The molecule has 0 atom stereocenters. The molecule has 0 saturated heterocycles. The van der Waals surface area contributed by atoms with Gasteiger partial charge < -0.3 is 9.42 Å². The third kappa shape index (κ3) is 2.84. The van der Waals surface area contributed by atoms with Gasteiger partial charge in [0.1, 0.15) is 5.76 Å². The number of hydrogen-bond acceptors (Lipinski definition) is 3. The maximum atomic E-state index is 5.12. The molecule has 1 heterocycles. The molecule has 0 bridgehead atoms. The molecule has 0 spiro atoms. The largest absolute Gasteiger partial charge is 0.361 e. The number of rotatable bonds is 5. The van der Waals surface area contributed by atoms with Crippen LogP contribution in [-0.4, -0.2) is 23.6 Å². The topological polar surface area (TPSA) is 29.3 Å². The molecular formula is C11H20N2O. The predicted molar refractivity (Wildman–Crippen MR) is 57.2 cm³/mol. The van der Waals surface area contributed by atoms with Gasteiger partial charge in [-0.05, 0) is 33.9 Å². The van der Waals surface area contributed by atoms with E-state index in [2.05, 4.69) is 24.0 Å². The Bertz CT molecular complexity index is 261. The molecule has 0 aliphatic carbocycles. The SMILES string of the molecule is CCCCN(C)Cc1c(C)noc1C. The van der Waals surface area contributed by atoms with E-state index in [0.717, 1.165) is 24.5 Å². The van der Waals surface area contributed by atoms with E-state index >= 15 is 0 Å². The summed E-state index contributed by atoms with van der Waals surface area (Å²) in [7, 11) is 2.14. The van der Waals surface area contributed by atoms with Crippen molar-refractivity contribution in [1.82, 2.24) is 10.1 Å². The maximum Gasteiger partial charge on any atom is 0.138 e. The Labute approximate surface area is 86.1 Å². The van der Waals surface area contributed by atoms with Crippen LogP contribution in [0.25, 0.3) is 0 Å². The summed E-state index contributed by atoms with van der Waals surface area (Å²) in [6.07, 6.45) is 2.49. The zero-order chi connectivity index (χ0) is 10.6. The molecule has 0 saturated carbocycles. The highest BCUT2D eigenvalue weighted by atomic mass is 16.5. The monoisotopic (exact) mass is 196 g/mol. The highest BCUT2D eigenvalue weighted by Gasteiger charge is 2.10. The van der Waals surface area contributed by atoms with Gasteiger partial charge >= 0.3 is 0 Å². The molecule has 0 unspecified atom stereocenters. The van der Waals surface area contributed by atoms with Crippen molar-refractivity contribution in [2.75, 3.05) is 13.6 Å². The van der Waals surface area contributed by atoms with Gasteiger partial charge in [0.05, 0.1) is 5.69 Å². The average molecular weight is 196 g/mol. The highest BCUT2D eigenvalue weighted by molar-refractivity contribution is 5.20. The zero-order valence-electron chi connectivity index (χ0n) is 9.63. The first-order valence-corrected chi connectivity index (χ1v) is 5.25.